The summed E-state index contributed by atoms with van der Waals surface area (Å²) in [7, 11) is -3.21. The van der Waals surface area contributed by atoms with Gasteiger partial charge in [0.2, 0.25) is 0 Å². The number of ether oxygens (including phenoxy) is 1. The van der Waals surface area contributed by atoms with Gasteiger partial charge < -0.3 is 10.1 Å². The Morgan fingerprint density at radius 2 is 1.88 bits per heavy atom. The number of nitrogens with one attached hydrogen (secondary N) is 1. The van der Waals surface area contributed by atoms with Gasteiger partial charge in [-0.1, -0.05) is 29.8 Å². The molecule has 2 aromatic carbocycles. The van der Waals surface area contributed by atoms with Gasteiger partial charge >= 0.3 is 5.97 Å². The number of rotatable bonds is 6. The van der Waals surface area contributed by atoms with Crippen LogP contribution in [0.2, 0.25) is 5.02 Å². The van der Waals surface area contributed by atoms with Crippen LogP contribution in [0.1, 0.15) is 21.5 Å². The van der Waals surface area contributed by atoms with E-state index in [1.54, 1.807) is 30.3 Å². The van der Waals surface area contributed by atoms with Gasteiger partial charge in [-0.2, -0.15) is 0 Å². The van der Waals surface area contributed by atoms with Crippen LogP contribution in [0.4, 0.5) is 5.69 Å². The summed E-state index contributed by atoms with van der Waals surface area (Å²) in [5, 5.41) is 3.10. The van der Waals surface area contributed by atoms with Gasteiger partial charge in [0.25, 0.3) is 5.91 Å². The topological polar surface area (TPSA) is 89.5 Å². The molecule has 0 saturated heterocycles. The first-order valence-electron chi connectivity index (χ1n) is 7.64. The molecule has 1 N–H and O–H groups in total. The van der Waals surface area contributed by atoms with E-state index in [1.807, 2.05) is 6.92 Å². The van der Waals surface area contributed by atoms with Crippen molar-refractivity contribution in [1.29, 1.82) is 0 Å². The standard InChI is InChI=1S/C18H18ClNO5S/c1-12-6-7-15(19)9-16(12)20-17(21)10-25-18(22)14-5-3-4-13(8-14)11-26(2,23)24/h3-9H,10-11H2,1-2H3,(H,20,21). The van der Waals surface area contributed by atoms with Crippen LogP contribution in [-0.4, -0.2) is 33.2 Å². The number of sulfone groups is 1. The summed E-state index contributed by atoms with van der Waals surface area (Å²) >= 11 is 5.89. The molecule has 0 aliphatic carbocycles. The third-order valence-corrected chi connectivity index (χ3v) is 4.49. The average molecular weight is 396 g/mol. The maximum absolute atomic E-state index is 12.1. The lowest BCUT2D eigenvalue weighted by atomic mass is 10.1. The van der Waals surface area contributed by atoms with Crippen molar-refractivity contribution in [3.8, 4) is 0 Å². The van der Waals surface area contributed by atoms with Crippen LogP contribution >= 0.6 is 11.6 Å². The van der Waals surface area contributed by atoms with Gasteiger partial charge in [-0.25, -0.2) is 13.2 Å². The second kappa shape index (κ2) is 8.33. The fourth-order valence-corrected chi connectivity index (χ4v) is 3.18. The predicted octanol–water partition coefficient (Wildman–Crippen LogP) is 2.99. The minimum Gasteiger partial charge on any atom is -0.452 e. The molecular formula is C18H18ClNO5S. The molecule has 0 bridgehead atoms. The third kappa shape index (κ3) is 6.16. The summed E-state index contributed by atoms with van der Waals surface area (Å²) < 4.78 is 27.7. The Kier molecular flexibility index (Phi) is 6.39. The van der Waals surface area contributed by atoms with Gasteiger partial charge in [-0.05, 0) is 42.3 Å². The van der Waals surface area contributed by atoms with E-state index in [1.165, 1.54) is 12.1 Å². The fourth-order valence-electron chi connectivity index (χ4n) is 2.22. The Bertz CT molecular complexity index is 940. The van der Waals surface area contributed by atoms with Gasteiger partial charge in [0.05, 0.1) is 11.3 Å². The molecule has 0 spiro atoms. The van der Waals surface area contributed by atoms with E-state index < -0.39 is 28.3 Å². The first-order chi connectivity index (χ1) is 12.1. The molecular weight excluding hydrogens is 378 g/mol. The maximum atomic E-state index is 12.1. The Labute approximate surface area is 157 Å². The molecule has 2 aromatic rings. The van der Waals surface area contributed by atoms with Crippen molar-refractivity contribution in [2.45, 2.75) is 12.7 Å². The van der Waals surface area contributed by atoms with Crippen LogP contribution in [0.25, 0.3) is 0 Å². The third-order valence-electron chi connectivity index (χ3n) is 3.40. The van der Waals surface area contributed by atoms with Crippen molar-refractivity contribution in [1.82, 2.24) is 0 Å². The molecule has 2 rings (SSSR count). The summed E-state index contributed by atoms with van der Waals surface area (Å²) in [5.74, 6) is -1.39. The SMILES string of the molecule is Cc1ccc(Cl)cc1NC(=O)COC(=O)c1cccc(CS(C)(=O)=O)c1. The zero-order valence-electron chi connectivity index (χ0n) is 14.3. The number of carbonyl (C=O) groups is 2. The highest BCUT2D eigenvalue weighted by Crippen LogP contribution is 2.20. The molecule has 1 amide bonds. The van der Waals surface area contributed by atoms with E-state index in [-0.39, 0.29) is 11.3 Å². The van der Waals surface area contributed by atoms with E-state index in [9.17, 15) is 18.0 Å². The van der Waals surface area contributed by atoms with Crippen LogP contribution in [-0.2, 0) is 25.1 Å². The number of hydrogen-bond acceptors (Lipinski definition) is 5. The minimum absolute atomic E-state index is 0.178. The number of amides is 1. The summed E-state index contributed by atoms with van der Waals surface area (Å²) in [4.78, 5) is 24.0. The highest BCUT2D eigenvalue weighted by Gasteiger charge is 2.13. The van der Waals surface area contributed by atoms with Crippen LogP contribution < -0.4 is 5.32 Å². The number of carbonyl (C=O) groups excluding carboxylic acids is 2. The van der Waals surface area contributed by atoms with Crippen LogP contribution in [0, 0.1) is 6.92 Å². The molecule has 26 heavy (non-hydrogen) atoms. The molecule has 8 heteroatoms. The Morgan fingerprint density at radius 3 is 2.58 bits per heavy atom. The normalized spacial score (nSPS) is 11.0. The van der Waals surface area contributed by atoms with Crippen molar-refractivity contribution in [2.75, 3.05) is 18.2 Å². The van der Waals surface area contributed by atoms with Gasteiger partial charge in [-0.3, -0.25) is 4.79 Å². The second-order valence-corrected chi connectivity index (χ2v) is 8.43. The van der Waals surface area contributed by atoms with E-state index in [2.05, 4.69) is 5.32 Å². The quantitative estimate of drug-likeness (QED) is 0.759. The van der Waals surface area contributed by atoms with Crippen LogP contribution in [0.3, 0.4) is 0 Å². The number of hydrogen-bond donors (Lipinski definition) is 1. The van der Waals surface area contributed by atoms with E-state index >= 15 is 0 Å². The lowest BCUT2D eigenvalue weighted by molar-refractivity contribution is -0.119. The lowest BCUT2D eigenvalue weighted by Crippen LogP contribution is -2.21. The highest BCUT2D eigenvalue weighted by molar-refractivity contribution is 7.89. The predicted molar refractivity (Wildman–Crippen MR) is 100 cm³/mol. The van der Waals surface area contributed by atoms with Gasteiger partial charge in [-0.15, -0.1) is 0 Å². The molecule has 0 aromatic heterocycles. The number of esters is 1. The first-order valence-corrected chi connectivity index (χ1v) is 10.1. The molecule has 0 radical (unpaired) electrons. The van der Waals surface area contributed by atoms with Gasteiger partial charge in [0.15, 0.2) is 16.4 Å². The van der Waals surface area contributed by atoms with E-state index in [4.69, 9.17) is 16.3 Å². The molecule has 0 saturated carbocycles. The Balaban J connectivity index is 1.97. The number of benzene rings is 2. The molecule has 138 valence electrons. The second-order valence-electron chi connectivity index (χ2n) is 5.85. The van der Waals surface area contributed by atoms with Crippen LogP contribution in [0.15, 0.2) is 42.5 Å². The van der Waals surface area contributed by atoms with Gasteiger partial charge in [0.1, 0.15) is 0 Å². The summed E-state index contributed by atoms with van der Waals surface area (Å²) in [6.45, 7) is 1.34. The monoisotopic (exact) mass is 395 g/mol. The maximum Gasteiger partial charge on any atom is 0.338 e. The number of halogens is 1. The van der Waals surface area contributed by atoms with Crippen molar-refractivity contribution in [3.05, 3.63) is 64.2 Å². The highest BCUT2D eigenvalue weighted by atomic mass is 35.5. The summed E-state index contributed by atoms with van der Waals surface area (Å²) in [6.07, 6.45) is 1.11. The lowest BCUT2D eigenvalue weighted by Gasteiger charge is -2.10. The van der Waals surface area contributed by atoms with Crippen molar-refractivity contribution < 1.29 is 22.7 Å². The summed E-state index contributed by atoms with van der Waals surface area (Å²) in [5.41, 5.74) is 2.01. The Morgan fingerprint density at radius 1 is 1.15 bits per heavy atom. The molecule has 0 fully saturated rings. The number of aryl methyl sites for hydroxylation is 1. The van der Waals surface area contributed by atoms with E-state index in [0.29, 0.717) is 16.3 Å². The van der Waals surface area contributed by atoms with Crippen molar-refractivity contribution >= 4 is 39.0 Å². The van der Waals surface area contributed by atoms with Gasteiger partial charge in [0, 0.05) is 17.0 Å². The van der Waals surface area contributed by atoms with Crippen molar-refractivity contribution in [3.63, 3.8) is 0 Å². The molecule has 0 aliphatic rings. The molecule has 0 atom stereocenters. The zero-order chi connectivity index (χ0) is 19.3. The molecule has 6 nitrogen and oxygen atoms in total. The molecule has 0 unspecified atom stereocenters. The molecule has 0 heterocycles. The first kappa shape index (κ1) is 19.9. The fraction of sp³-hybridized carbons (Fsp3) is 0.222. The average Bonchev–Trinajstić information content (AvgIpc) is 2.54. The zero-order valence-corrected chi connectivity index (χ0v) is 15.9. The van der Waals surface area contributed by atoms with E-state index in [0.717, 1.165) is 11.8 Å². The van der Waals surface area contributed by atoms with Crippen molar-refractivity contribution in [2.24, 2.45) is 0 Å². The minimum atomic E-state index is -3.21. The van der Waals surface area contributed by atoms with Crippen LogP contribution in [0.5, 0.6) is 0 Å². The summed E-state index contributed by atoms with van der Waals surface area (Å²) in [6, 6.07) is 11.2. The largest absolute Gasteiger partial charge is 0.452 e. The number of anilines is 1. The molecule has 0 aliphatic heterocycles. The Hall–Kier alpha value is -2.38. The smallest absolute Gasteiger partial charge is 0.338 e.